The maximum Gasteiger partial charge on any atom is 0.233 e. The lowest BCUT2D eigenvalue weighted by Gasteiger charge is -2.28. The van der Waals surface area contributed by atoms with Gasteiger partial charge < -0.3 is 5.32 Å². The summed E-state index contributed by atoms with van der Waals surface area (Å²) in [4.78, 5) is 26.8. The fourth-order valence-electron chi connectivity index (χ4n) is 2.52. The average Bonchev–Trinajstić information content (AvgIpc) is 2.74. The molecule has 21 heavy (non-hydrogen) atoms. The van der Waals surface area contributed by atoms with Gasteiger partial charge in [0, 0.05) is 19.5 Å². The summed E-state index contributed by atoms with van der Waals surface area (Å²) in [6.45, 7) is 9.58. The molecule has 1 unspecified atom stereocenters. The molecule has 0 spiro atoms. The lowest BCUT2D eigenvalue weighted by atomic mass is 9.76. The summed E-state index contributed by atoms with van der Waals surface area (Å²) in [5.74, 6) is -0.145. The van der Waals surface area contributed by atoms with Crippen molar-refractivity contribution in [2.75, 3.05) is 13.1 Å². The highest BCUT2D eigenvalue weighted by atomic mass is 32.1. The normalized spacial score (nSPS) is 19.2. The van der Waals surface area contributed by atoms with Crippen molar-refractivity contribution in [3.8, 4) is 0 Å². The summed E-state index contributed by atoms with van der Waals surface area (Å²) in [5, 5.41) is 3.17. The SMILES string of the molecule is CCC(=S)NCCCCN1C(=O)CC(C(C)(C)CC)C1=O. The highest BCUT2D eigenvalue weighted by molar-refractivity contribution is 7.80. The first-order chi connectivity index (χ1) is 9.83. The van der Waals surface area contributed by atoms with E-state index in [0.717, 1.165) is 37.2 Å². The van der Waals surface area contributed by atoms with Gasteiger partial charge in [0.25, 0.3) is 0 Å². The van der Waals surface area contributed by atoms with Gasteiger partial charge in [0.1, 0.15) is 0 Å². The monoisotopic (exact) mass is 312 g/mol. The predicted octanol–water partition coefficient (Wildman–Crippen LogP) is 2.90. The van der Waals surface area contributed by atoms with E-state index in [-0.39, 0.29) is 23.1 Å². The zero-order valence-corrected chi connectivity index (χ0v) is 14.5. The van der Waals surface area contributed by atoms with Crippen molar-refractivity contribution in [1.29, 1.82) is 0 Å². The summed E-state index contributed by atoms with van der Waals surface area (Å²) in [7, 11) is 0. The first-order valence-electron chi connectivity index (χ1n) is 7.94. The Kier molecular flexibility index (Phi) is 6.78. The van der Waals surface area contributed by atoms with Crippen molar-refractivity contribution < 1.29 is 9.59 Å². The highest BCUT2D eigenvalue weighted by Crippen LogP contribution is 2.38. The Hall–Kier alpha value is -0.970. The standard InChI is InChI=1S/C16H28N2O2S/c1-5-13(21)17-9-7-8-10-18-14(19)11-12(15(18)20)16(3,4)6-2/h12H,5-11H2,1-4H3,(H,17,21). The van der Waals surface area contributed by atoms with Crippen LogP contribution in [0.3, 0.4) is 0 Å². The van der Waals surface area contributed by atoms with Crippen LogP contribution in [0.15, 0.2) is 0 Å². The molecule has 0 aromatic carbocycles. The van der Waals surface area contributed by atoms with E-state index in [1.807, 2.05) is 6.92 Å². The Morgan fingerprint density at radius 3 is 2.57 bits per heavy atom. The molecule has 1 N–H and O–H groups in total. The van der Waals surface area contributed by atoms with Crippen molar-refractivity contribution in [2.45, 2.75) is 59.8 Å². The second kappa shape index (κ2) is 7.87. The Balaban J connectivity index is 2.41. The molecule has 2 amide bonds. The van der Waals surface area contributed by atoms with Crippen LogP contribution < -0.4 is 5.32 Å². The molecule has 1 heterocycles. The van der Waals surface area contributed by atoms with Crippen molar-refractivity contribution >= 4 is 29.0 Å². The van der Waals surface area contributed by atoms with Crippen LogP contribution in [0.5, 0.6) is 0 Å². The molecule has 5 heteroatoms. The second-order valence-corrected chi connectivity index (χ2v) is 6.89. The molecule has 120 valence electrons. The first-order valence-corrected chi connectivity index (χ1v) is 8.35. The number of nitrogens with one attached hydrogen (secondary N) is 1. The van der Waals surface area contributed by atoms with E-state index < -0.39 is 0 Å². The Bertz CT molecular complexity index is 407. The first kappa shape index (κ1) is 18.1. The number of likely N-dealkylation sites (tertiary alicyclic amines) is 1. The van der Waals surface area contributed by atoms with Crippen LogP contribution in [0.1, 0.15) is 59.8 Å². The zero-order chi connectivity index (χ0) is 16.0. The van der Waals surface area contributed by atoms with Gasteiger partial charge in [0.05, 0.1) is 10.9 Å². The molecule has 0 aliphatic carbocycles. The molecular formula is C16H28N2O2S. The summed E-state index contributed by atoms with van der Waals surface area (Å²) in [6.07, 6.45) is 3.88. The number of carbonyl (C=O) groups excluding carboxylic acids is 2. The van der Waals surface area contributed by atoms with Crippen molar-refractivity contribution in [3.05, 3.63) is 0 Å². The molecule has 1 fully saturated rings. The molecule has 1 atom stereocenters. The molecule has 1 aliphatic heterocycles. The van der Waals surface area contributed by atoms with Gasteiger partial charge in [-0.05, 0) is 24.7 Å². The maximum atomic E-state index is 12.4. The summed E-state index contributed by atoms with van der Waals surface area (Å²) >= 11 is 5.09. The molecule has 1 aliphatic rings. The van der Waals surface area contributed by atoms with E-state index in [4.69, 9.17) is 12.2 Å². The van der Waals surface area contributed by atoms with E-state index >= 15 is 0 Å². The van der Waals surface area contributed by atoms with Crippen molar-refractivity contribution in [1.82, 2.24) is 10.2 Å². The third-order valence-electron chi connectivity index (χ3n) is 4.55. The molecule has 0 aromatic heterocycles. The van der Waals surface area contributed by atoms with E-state index in [9.17, 15) is 9.59 Å². The van der Waals surface area contributed by atoms with Crippen LogP contribution >= 0.6 is 12.2 Å². The number of unbranched alkanes of at least 4 members (excludes halogenated alkanes) is 1. The van der Waals surface area contributed by atoms with E-state index in [0.29, 0.717) is 13.0 Å². The second-order valence-electron chi connectivity index (χ2n) is 6.39. The Morgan fingerprint density at radius 1 is 1.33 bits per heavy atom. The Labute approximate surface area is 133 Å². The van der Waals surface area contributed by atoms with E-state index in [1.165, 1.54) is 4.90 Å². The number of nitrogens with zero attached hydrogens (tertiary/aromatic N) is 1. The number of hydrogen-bond acceptors (Lipinski definition) is 3. The smallest absolute Gasteiger partial charge is 0.233 e. The van der Waals surface area contributed by atoms with Crippen LogP contribution in [0.4, 0.5) is 0 Å². The third kappa shape index (κ3) is 4.77. The number of carbonyl (C=O) groups is 2. The molecule has 0 radical (unpaired) electrons. The number of rotatable bonds is 8. The van der Waals surface area contributed by atoms with Gasteiger partial charge in [-0.1, -0.05) is 46.3 Å². The van der Waals surface area contributed by atoms with E-state index in [1.54, 1.807) is 0 Å². The molecule has 4 nitrogen and oxygen atoms in total. The number of imide groups is 1. The van der Waals surface area contributed by atoms with Gasteiger partial charge in [-0.25, -0.2) is 0 Å². The van der Waals surface area contributed by atoms with Gasteiger partial charge >= 0.3 is 0 Å². The lowest BCUT2D eigenvalue weighted by molar-refractivity contribution is -0.140. The fourth-order valence-corrected chi connectivity index (χ4v) is 2.62. The molecule has 0 saturated carbocycles. The quantitative estimate of drug-likeness (QED) is 0.425. The van der Waals surface area contributed by atoms with Crippen LogP contribution in [-0.4, -0.2) is 34.8 Å². The van der Waals surface area contributed by atoms with Crippen LogP contribution in [-0.2, 0) is 9.59 Å². The number of hydrogen-bond donors (Lipinski definition) is 1. The largest absolute Gasteiger partial charge is 0.380 e. The van der Waals surface area contributed by atoms with Crippen LogP contribution in [0.25, 0.3) is 0 Å². The minimum Gasteiger partial charge on any atom is -0.380 e. The van der Waals surface area contributed by atoms with Gasteiger partial charge in [-0.15, -0.1) is 0 Å². The molecular weight excluding hydrogens is 284 g/mol. The molecule has 1 saturated heterocycles. The molecule has 0 aromatic rings. The number of thiocarbonyl (C=S) groups is 1. The van der Waals surface area contributed by atoms with Crippen LogP contribution in [0, 0.1) is 11.3 Å². The summed E-state index contributed by atoms with van der Waals surface area (Å²) in [6, 6.07) is 0. The highest BCUT2D eigenvalue weighted by Gasteiger charge is 2.45. The maximum absolute atomic E-state index is 12.4. The Morgan fingerprint density at radius 2 is 2.00 bits per heavy atom. The lowest BCUT2D eigenvalue weighted by Crippen LogP contribution is -2.35. The minimum atomic E-state index is -0.152. The fraction of sp³-hybridized carbons (Fsp3) is 0.812. The average molecular weight is 312 g/mol. The molecule has 0 bridgehead atoms. The summed E-state index contributed by atoms with van der Waals surface area (Å²) in [5.41, 5.74) is -0.101. The van der Waals surface area contributed by atoms with E-state index in [2.05, 4.69) is 26.1 Å². The van der Waals surface area contributed by atoms with Gasteiger partial charge in [-0.3, -0.25) is 14.5 Å². The zero-order valence-electron chi connectivity index (χ0n) is 13.7. The molecule has 1 rings (SSSR count). The predicted molar refractivity (Wildman–Crippen MR) is 89.0 cm³/mol. The third-order valence-corrected chi connectivity index (χ3v) is 4.98. The van der Waals surface area contributed by atoms with Crippen LogP contribution in [0.2, 0.25) is 0 Å². The topological polar surface area (TPSA) is 49.4 Å². The van der Waals surface area contributed by atoms with Gasteiger partial charge in [-0.2, -0.15) is 0 Å². The van der Waals surface area contributed by atoms with Crippen molar-refractivity contribution in [2.24, 2.45) is 11.3 Å². The van der Waals surface area contributed by atoms with Gasteiger partial charge in [0.15, 0.2) is 0 Å². The minimum absolute atomic E-state index is 0.0106. The van der Waals surface area contributed by atoms with Gasteiger partial charge in [0.2, 0.25) is 11.8 Å². The number of amides is 2. The van der Waals surface area contributed by atoms with Crippen molar-refractivity contribution in [3.63, 3.8) is 0 Å². The summed E-state index contributed by atoms with van der Waals surface area (Å²) < 4.78 is 0.